The van der Waals surface area contributed by atoms with Crippen molar-refractivity contribution in [2.24, 2.45) is 0 Å². The van der Waals surface area contributed by atoms with Gasteiger partial charge in [0.25, 0.3) is 0 Å². The molecule has 4 nitrogen and oxygen atoms in total. The molecular formula is C12H19N3O. The molecule has 0 spiro atoms. The second-order valence-corrected chi connectivity index (χ2v) is 5.28. The largest absolute Gasteiger partial charge is 0.378 e. The van der Waals surface area contributed by atoms with Crippen LogP contribution in [0.25, 0.3) is 0 Å². The molecule has 0 radical (unpaired) electrons. The van der Waals surface area contributed by atoms with Crippen molar-refractivity contribution >= 4 is 5.95 Å². The summed E-state index contributed by atoms with van der Waals surface area (Å²) in [6, 6.07) is 0. The van der Waals surface area contributed by atoms with Crippen LogP contribution in [0.15, 0.2) is 12.4 Å². The number of hydrogen-bond donors (Lipinski definition) is 0. The van der Waals surface area contributed by atoms with Crippen molar-refractivity contribution in [3.63, 3.8) is 0 Å². The Labute approximate surface area is 96.7 Å². The SMILES string of the molecule is COC1CN(c2ncc(C(C)(C)C)cn2)C1. The van der Waals surface area contributed by atoms with Crippen LogP contribution < -0.4 is 4.90 Å². The quantitative estimate of drug-likeness (QED) is 0.760. The van der Waals surface area contributed by atoms with Crippen molar-refractivity contribution in [2.75, 3.05) is 25.1 Å². The first-order chi connectivity index (χ1) is 7.50. The molecule has 0 unspecified atom stereocenters. The number of methoxy groups -OCH3 is 1. The Kier molecular flexibility index (Phi) is 2.84. The summed E-state index contributed by atoms with van der Waals surface area (Å²) < 4.78 is 5.22. The van der Waals surface area contributed by atoms with Crippen molar-refractivity contribution in [1.82, 2.24) is 9.97 Å². The summed E-state index contributed by atoms with van der Waals surface area (Å²) in [5.74, 6) is 0.807. The molecular weight excluding hydrogens is 202 g/mol. The average molecular weight is 221 g/mol. The molecule has 0 saturated carbocycles. The summed E-state index contributed by atoms with van der Waals surface area (Å²) in [4.78, 5) is 10.9. The Morgan fingerprint density at radius 1 is 1.25 bits per heavy atom. The van der Waals surface area contributed by atoms with Gasteiger partial charge in [-0.05, 0) is 11.0 Å². The van der Waals surface area contributed by atoms with E-state index < -0.39 is 0 Å². The molecule has 0 aliphatic carbocycles. The molecule has 0 N–H and O–H groups in total. The van der Waals surface area contributed by atoms with E-state index in [1.807, 2.05) is 12.4 Å². The number of rotatable bonds is 2. The van der Waals surface area contributed by atoms with Crippen LogP contribution in [0.5, 0.6) is 0 Å². The van der Waals surface area contributed by atoms with Gasteiger partial charge in [-0.1, -0.05) is 20.8 Å². The first kappa shape index (κ1) is 11.3. The molecule has 0 bridgehead atoms. The molecule has 88 valence electrons. The van der Waals surface area contributed by atoms with Crippen LogP contribution in [0.3, 0.4) is 0 Å². The van der Waals surface area contributed by atoms with Crippen molar-refractivity contribution in [3.8, 4) is 0 Å². The fraction of sp³-hybridized carbons (Fsp3) is 0.667. The molecule has 0 atom stereocenters. The van der Waals surface area contributed by atoms with Crippen LogP contribution in [0.1, 0.15) is 26.3 Å². The average Bonchev–Trinajstić information content (AvgIpc) is 2.15. The molecule has 0 aromatic carbocycles. The molecule has 1 aromatic rings. The van der Waals surface area contributed by atoms with Gasteiger partial charge in [0.15, 0.2) is 0 Å². The predicted octanol–water partition coefficient (Wildman–Crippen LogP) is 1.61. The summed E-state index contributed by atoms with van der Waals surface area (Å²) in [5, 5.41) is 0. The van der Waals surface area contributed by atoms with Crippen LogP contribution >= 0.6 is 0 Å². The Morgan fingerprint density at radius 3 is 2.25 bits per heavy atom. The number of nitrogens with zero attached hydrogens (tertiary/aromatic N) is 3. The second-order valence-electron chi connectivity index (χ2n) is 5.28. The van der Waals surface area contributed by atoms with E-state index in [9.17, 15) is 0 Å². The number of hydrogen-bond acceptors (Lipinski definition) is 4. The first-order valence-corrected chi connectivity index (χ1v) is 5.61. The summed E-state index contributed by atoms with van der Waals surface area (Å²) in [6.45, 7) is 8.28. The van der Waals surface area contributed by atoms with Crippen molar-refractivity contribution < 1.29 is 4.74 Å². The zero-order valence-electron chi connectivity index (χ0n) is 10.4. The van der Waals surface area contributed by atoms with Crippen molar-refractivity contribution in [1.29, 1.82) is 0 Å². The lowest BCUT2D eigenvalue weighted by Crippen LogP contribution is -2.52. The number of aromatic nitrogens is 2. The smallest absolute Gasteiger partial charge is 0.225 e. The number of ether oxygens (including phenoxy) is 1. The minimum atomic E-state index is 0.114. The minimum absolute atomic E-state index is 0.114. The van der Waals surface area contributed by atoms with Crippen LogP contribution in [0, 0.1) is 0 Å². The van der Waals surface area contributed by atoms with Gasteiger partial charge in [-0.3, -0.25) is 0 Å². The van der Waals surface area contributed by atoms with E-state index in [0.717, 1.165) is 19.0 Å². The Morgan fingerprint density at radius 2 is 1.81 bits per heavy atom. The van der Waals surface area contributed by atoms with E-state index in [2.05, 4.69) is 35.6 Å². The minimum Gasteiger partial charge on any atom is -0.378 e. The van der Waals surface area contributed by atoms with Crippen LogP contribution in [-0.2, 0) is 10.2 Å². The first-order valence-electron chi connectivity index (χ1n) is 5.61. The summed E-state index contributed by atoms with van der Waals surface area (Å²) in [5.41, 5.74) is 1.28. The molecule has 1 aliphatic rings. The molecule has 2 rings (SSSR count). The second kappa shape index (κ2) is 4.01. The zero-order valence-corrected chi connectivity index (χ0v) is 10.4. The van der Waals surface area contributed by atoms with Gasteiger partial charge >= 0.3 is 0 Å². The zero-order chi connectivity index (χ0) is 11.8. The Hall–Kier alpha value is -1.16. The number of anilines is 1. The third-order valence-electron chi connectivity index (χ3n) is 2.97. The van der Waals surface area contributed by atoms with Gasteiger partial charge in [0.05, 0.1) is 6.10 Å². The summed E-state index contributed by atoms with van der Waals surface area (Å²) in [6.07, 6.45) is 4.18. The summed E-state index contributed by atoms with van der Waals surface area (Å²) >= 11 is 0. The van der Waals surface area contributed by atoms with E-state index in [-0.39, 0.29) is 5.41 Å². The van der Waals surface area contributed by atoms with E-state index >= 15 is 0 Å². The normalized spacial score (nSPS) is 17.4. The maximum absolute atomic E-state index is 5.22. The molecule has 0 amide bonds. The maximum Gasteiger partial charge on any atom is 0.225 e. The highest BCUT2D eigenvalue weighted by atomic mass is 16.5. The van der Waals surface area contributed by atoms with Crippen LogP contribution in [-0.4, -0.2) is 36.3 Å². The van der Waals surface area contributed by atoms with Gasteiger partial charge in [0.1, 0.15) is 0 Å². The lowest BCUT2D eigenvalue weighted by molar-refractivity contribution is 0.0778. The molecule has 1 fully saturated rings. The third kappa shape index (κ3) is 2.16. The fourth-order valence-electron chi connectivity index (χ4n) is 1.62. The third-order valence-corrected chi connectivity index (χ3v) is 2.97. The lowest BCUT2D eigenvalue weighted by atomic mass is 9.89. The molecule has 1 aliphatic heterocycles. The molecule has 1 saturated heterocycles. The highest BCUT2D eigenvalue weighted by Gasteiger charge is 2.28. The predicted molar refractivity (Wildman–Crippen MR) is 63.7 cm³/mol. The van der Waals surface area contributed by atoms with Gasteiger partial charge < -0.3 is 9.64 Å². The van der Waals surface area contributed by atoms with E-state index in [1.165, 1.54) is 5.56 Å². The molecule has 16 heavy (non-hydrogen) atoms. The van der Waals surface area contributed by atoms with E-state index in [1.54, 1.807) is 7.11 Å². The van der Waals surface area contributed by atoms with E-state index in [4.69, 9.17) is 4.74 Å². The van der Waals surface area contributed by atoms with E-state index in [0.29, 0.717) is 6.10 Å². The van der Waals surface area contributed by atoms with Gasteiger partial charge in [0.2, 0.25) is 5.95 Å². The van der Waals surface area contributed by atoms with Crippen molar-refractivity contribution in [3.05, 3.63) is 18.0 Å². The topological polar surface area (TPSA) is 38.2 Å². The monoisotopic (exact) mass is 221 g/mol. The maximum atomic E-state index is 5.22. The highest BCUT2D eigenvalue weighted by Crippen LogP contribution is 2.23. The van der Waals surface area contributed by atoms with Gasteiger partial charge in [-0.15, -0.1) is 0 Å². The Balaban J connectivity index is 2.04. The standard InChI is InChI=1S/C12H19N3O/c1-12(2,3)9-5-13-11(14-6-9)15-7-10(8-15)16-4/h5-6,10H,7-8H2,1-4H3. The Bertz CT molecular complexity index is 350. The summed E-state index contributed by atoms with van der Waals surface area (Å²) in [7, 11) is 1.74. The molecule has 4 heteroatoms. The fourth-order valence-corrected chi connectivity index (χ4v) is 1.62. The highest BCUT2D eigenvalue weighted by molar-refractivity contribution is 5.35. The molecule has 1 aromatic heterocycles. The van der Waals surface area contributed by atoms with Crippen LogP contribution in [0.4, 0.5) is 5.95 Å². The van der Waals surface area contributed by atoms with Crippen LogP contribution in [0.2, 0.25) is 0 Å². The van der Waals surface area contributed by atoms with Gasteiger partial charge in [-0.25, -0.2) is 9.97 Å². The van der Waals surface area contributed by atoms with Crippen molar-refractivity contribution in [2.45, 2.75) is 32.3 Å². The van der Waals surface area contributed by atoms with Gasteiger partial charge in [0, 0.05) is 32.6 Å². The van der Waals surface area contributed by atoms with Gasteiger partial charge in [-0.2, -0.15) is 0 Å². The molecule has 2 heterocycles. The lowest BCUT2D eigenvalue weighted by Gasteiger charge is -2.38.